The number of hydrogen-bond acceptors (Lipinski definition) is 3. The summed E-state index contributed by atoms with van der Waals surface area (Å²) in [7, 11) is 0. The van der Waals surface area contributed by atoms with E-state index in [9.17, 15) is 0 Å². The molecule has 3 nitrogen and oxygen atoms in total. The van der Waals surface area contributed by atoms with E-state index in [-0.39, 0.29) is 5.60 Å². The molecule has 1 unspecified atom stereocenters. The zero-order valence-electron chi connectivity index (χ0n) is 9.11. The molecule has 0 aromatic heterocycles. The van der Waals surface area contributed by atoms with Crippen LogP contribution in [0.1, 0.15) is 25.7 Å². The summed E-state index contributed by atoms with van der Waals surface area (Å²) < 4.78 is 0. The molecule has 4 heterocycles. The van der Waals surface area contributed by atoms with Gasteiger partial charge in [-0.1, -0.05) is 11.2 Å². The van der Waals surface area contributed by atoms with Crippen molar-refractivity contribution in [1.82, 2.24) is 4.90 Å². The molecule has 0 aromatic carbocycles. The first kappa shape index (κ1) is 9.40. The summed E-state index contributed by atoms with van der Waals surface area (Å²) in [5.41, 5.74) is 1.22. The van der Waals surface area contributed by atoms with Crippen molar-refractivity contribution in [2.24, 2.45) is 11.1 Å². The Hall–Kier alpha value is -0.830. The lowest BCUT2D eigenvalue weighted by atomic mass is 9.73. The van der Waals surface area contributed by atoms with E-state index in [4.69, 9.17) is 4.84 Å². The number of allylic oxidation sites excluding steroid dienone is 1. The molecule has 4 aliphatic heterocycles. The smallest absolute Gasteiger partial charge is 0.158 e. The highest BCUT2D eigenvalue weighted by Gasteiger charge is 2.51. The van der Waals surface area contributed by atoms with Crippen molar-refractivity contribution in [1.29, 1.82) is 0 Å². The van der Waals surface area contributed by atoms with Gasteiger partial charge in [-0.15, -0.1) is 6.58 Å². The second kappa shape index (κ2) is 3.34. The largest absolute Gasteiger partial charge is 0.387 e. The van der Waals surface area contributed by atoms with Crippen LogP contribution in [0.2, 0.25) is 0 Å². The normalized spacial score (nSPS) is 42.8. The molecular formula is C12H18N2O. The van der Waals surface area contributed by atoms with Gasteiger partial charge in [0.25, 0.3) is 0 Å². The predicted molar refractivity (Wildman–Crippen MR) is 59.8 cm³/mol. The zero-order chi connectivity index (χ0) is 10.3. The third-order valence-corrected chi connectivity index (χ3v) is 4.06. The maximum absolute atomic E-state index is 5.78. The molecule has 3 heteroatoms. The van der Waals surface area contributed by atoms with Gasteiger partial charge in [0.15, 0.2) is 5.60 Å². The molecule has 0 radical (unpaired) electrons. The molecule has 2 bridgehead atoms. The van der Waals surface area contributed by atoms with Gasteiger partial charge < -0.3 is 4.84 Å². The van der Waals surface area contributed by atoms with Gasteiger partial charge in [-0.25, -0.2) is 0 Å². The minimum atomic E-state index is 0.0366. The summed E-state index contributed by atoms with van der Waals surface area (Å²) in [5, 5.41) is 4.24. The second-order valence-electron chi connectivity index (χ2n) is 5.03. The monoisotopic (exact) mass is 206 g/mol. The third kappa shape index (κ3) is 1.41. The Morgan fingerprint density at radius 3 is 2.93 bits per heavy atom. The maximum Gasteiger partial charge on any atom is 0.158 e. The number of oxime groups is 1. The molecule has 0 N–H and O–H groups in total. The summed E-state index contributed by atoms with van der Waals surface area (Å²) in [6.07, 6.45) is 6.41. The maximum atomic E-state index is 5.78. The van der Waals surface area contributed by atoms with Crippen molar-refractivity contribution in [3.05, 3.63) is 12.7 Å². The summed E-state index contributed by atoms with van der Waals surface area (Å²) in [5.74, 6) is 0.730. The fraction of sp³-hybridized carbons (Fsp3) is 0.750. The highest BCUT2D eigenvalue weighted by atomic mass is 16.7. The van der Waals surface area contributed by atoms with Gasteiger partial charge >= 0.3 is 0 Å². The molecular weight excluding hydrogens is 188 g/mol. The number of piperidine rings is 3. The van der Waals surface area contributed by atoms with Crippen molar-refractivity contribution in [3.8, 4) is 0 Å². The Morgan fingerprint density at radius 2 is 2.33 bits per heavy atom. The van der Waals surface area contributed by atoms with E-state index in [2.05, 4.69) is 16.6 Å². The van der Waals surface area contributed by atoms with Crippen LogP contribution < -0.4 is 0 Å². The Balaban J connectivity index is 1.75. The number of hydrogen-bond donors (Lipinski definition) is 0. The van der Waals surface area contributed by atoms with E-state index in [1.807, 2.05) is 6.08 Å². The number of nitrogens with zero attached hydrogens (tertiary/aromatic N) is 2. The van der Waals surface area contributed by atoms with Crippen molar-refractivity contribution < 1.29 is 4.84 Å². The average molecular weight is 206 g/mol. The van der Waals surface area contributed by atoms with Crippen molar-refractivity contribution in [3.63, 3.8) is 0 Å². The van der Waals surface area contributed by atoms with E-state index in [1.165, 1.54) is 31.6 Å². The molecule has 3 saturated heterocycles. The predicted octanol–water partition coefficient (Wildman–Crippen LogP) is 1.80. The summed E-state index contributed by atoms with van der Waals surface area (Å²) in [6.45, 7) is 7.36. The van der Waals surface area contributed by atoms with Crippen LogP contribution in [-0.2, 0) is 4.84 Å². The van der Waals surface area contributed by atoms with Crippen molar-refractivity contribution in [2.45, 2.75) is 31.3 Å². The van der Waals surface area contributed by atoms with Gasteiger partial charge in [-0.3, -0.25) is 4.90 Å². The van der Waals surface area contributed by atoms with E-state index < -0.39 is 0 Å². The fourth-order valence-corrected chi connectivity index (χ4v) is 3.27. The van der Waals surface area contributed by atoms with Crippen LogP contribution in [0.5, 0.6) is 0 Å². The van der Waals surface area contributed by atoms with E-state index in [0.29, 0.717) is 0 Å². The lowest BCUT2D eigenvalue weighted by molar-refractivity contribution is -0.136. The Labute approximate surface area is 90.8 Å². The molecule has 0 aromatic rings. The van der Waals surface area contributed by atoms with Gasteiger partial charge in [0.1, 0.15) is 0 Å². The zero-order valence-corrected chi connectivity index (χ0v) is 9.11. The van der Waals surface area contributed by atoms with Gasteiger partial charge in [0.05, 0.1) is 5.71 Å². The Bertz CT molecular complexity index is 305. The highest BCUT2D eigenvalue weighted by molar-refractivity contribution is 5.87. The molecule has 0 aliphatic carbocycles. The first-order chi connectivity index (χ1) is 7.32. The minimum absolute atomic E-state index is 0.0366. The van der Waals surface area contributed by atoms with Crippen LogP contribution in [0.3, 0.4) is 0 Å². The first-order valence-electron chi connectivity index (χ1n) is 5.89. The lowest BCUT2D eigenvalue weighted by Gasteiger charge is -2.49. The van der Waals surface area contributed by atoms with Crippen molar-refractivity contribution >= 4 is 5.71 Å². The van der Waals surface area contributed by atoms with E-state index in [1.54, 1.807) is 0 Å². The van der Waals surface area contributed by atoms with Gasteiger partial charge in [0, 0.05) is 25.3 Å². The van der Waals surface area contributed by atoms with Gasteiger partial charge in [-0.05, 0) is 25.9 Å². The summed E-state index contributed by atoms with van der Waals surface area (Å²) in [4.78, 5) is 8.30. The minimum Gasteiger partial charge on any atom is -0.387 e. The molecule has 3 fully saturated rings. The molecule has 82 valence electrons. The quantitative estimate of drug-likeness (QED) is 0.644. The molecule has 4 aliphatic rings. The molecule has 0 amide bonds. The van der Waals surface area contributed by atoms with Crippen molar-refractivity contribution in [2.75, 3.05) is 19.6 Å². The Morgan fingerprint density at radius 1 is 1.53 bits per heavy atom. The van der Waals surface area contributed by atoms with Gasteiger partial charge in [-0.2, -0.15) is 0 Å². The Kier molecular flexibility index (Phi) is 2.09. The van der Waals surface area contributed by atoms with Gasteiger partial charge in [0.2, 0.25) is 0 Å². The molecule has 1 atom stereocenters. The topological polar surface area (TPSA) is 24.8 Å². The molecule has 15 heavy (non-hydrogen) atoms. The standard InChI is InChI=1S/C12H18N2O/c1-2-3-11-8-12(15-13-11)9-14-6-4-10(12)5-7-14/h2,10H,1,3-9H2. The number of rotatable bonds is 2. The van der Waals surface area contributed by atoms with Crippen LogP contribution in [0.25, 0.3) is 0 Å². The third-order valence-electron chi connectivity index (χ3n) is 4.06. The second-order valence-corrected chi connectivity index (χ2v) is 5.03. The molecule has 0 saturated carbocycles. The van der Waals surface area contributed by atoms with Crippen LogP contribution >= 0.6 is 0 Å². The number of fused-ring (bicyclic) bond motifs is 2. The molecule has 1 spiro atoms. The first-order valence-corrected chi connectivity index (χ1v) is 5.89. The van der Waals surface area contributed by atoms with Crippen LogP contribution in [0.15, 0.2) is 17.8 Å². The van der Waals surface area contributed by atoms with Crippen LogP contribution in [0.4, 0.5) is 0 Å². The lowest BCUT2D eigenvalue weighted by Crippen LogP contribution is -2.59. The SMILES string of the molecule is C=CCC1=NOC2(C1)CN1CCC2CC1. The van der Waals surface area contributed by atoms with E-state index in [0.717, 1.165) is 25.3 Å². The summed E-state index contributed by atoms with van der Waals surface area (Å²) >= 11 is 0. The highest BCUT2D eigenvalue weighted by Crippen LogP contribution is 2.43. The van der Waals surface area contributed by atoms with Crippen LogP contribution in [-0.4, -0.2) is 35.8 Å². The fourth-order valence-electron chi connectivity index (χ4n) is 3.27. The van der Waals surface area contributed by atoms with Crippen LogP contribution in [0, 0.1) is 5.92 Å². The summed E-state index contributed by atoms with van der Waals surface area (Å²) in [6, 6.07) is 0. The average Bonchev–Trinajstić information content (AvgIpc) is 2.64. The van der Waals surface area contributed by atoms with E-state index >= 15 is 0 Å². The molecule has 4 rings (SSSR count).